The number of hydrogen-bond donors (Lipinski definition) is 3. The van der Waals surface area contributed by atoms with Crippen molar-refractivity contribution in [2.24, 2.45) is 26.7 Å². The molecule has 3 aliphatic rings. The molecule has 1 unspecified atom stereocenters. The summed E-state index contributed by atoms with van der Waals surface area (Å²) in [5.74, 6) is -1.02. The zero-order valence-corrected chi connectivity index (χ0v) is 24.6. The largest absolute Gasteiger partial charge is 0.480 e. The van der Waals surface area contributed by atoms with Crippen molar-refractivity contribution in [1.29, 1.82) is 0 Å². The molecule has 0 amide bonds. The fourth-order valence-corrected chi connectivity index (χ4v) is 4.91. The van der Waals surface area contributed by atoms with Crippen molar-refractivity contribution in [3.8, 4) is 0 Å². The Hall–Kier alpha value is -2.39. The maximum absolute atomic E-state index is 13.4. The van der Waals surface area contributed by atoms with Crippen molar-refractivity contribution in [2.45, 2.75) is 84.8 Å². The highest BCUT2D eigenvalue weighted by molar-refractivity contribution is 7.48. The molecule has 0 aromatic carbocycles. The second-order valence-electron chi connectivity index (χ2n) is 11.8. The maximum atomic E-state index is 13.4. The van der Waals surface area contributed by atoms with Crippen LogP contribution in [0.4, 0.5) is 0 Å². The van der Waals surface area contributed by atoms with Gasteiger partial charge in [-0.25, -0.2) is 18.6 Å². The minimum atomic E-state index is -4.54. The zero-order chi connectivity index (χ0) is 30.1. The first kappa shape index (κ1) is 32.1. The van der Waals surface area contributed by atoms with E-state index in [4.69, 9.17) is 33.5 Å². The second kappa shape index (κ2) is 11.8. The van der Waals surface area contributed by atoms with Crippen molar-refractivity contribution in [2.75, 3.05) is 20.2 Å². The number of phosphoric acid groups is 1. The molecule has 3 heterocycles. The lowest BCUT2D eigenvalue weighted by Gasteiger charge is -2.35. The monoisotopic (exact) mass is 590 g/mol. The first-order valence-corrected chi connectivity index (χ1v) is 14.1. The number of aliphatic hydroxyl groups is 2. The second-order valence-corrected chi connectivity index (χ2v) is 13.5. The summed E-state index contributed by atoms with van der Waals surface area (Å²) in [5.41, 5.74) is 2.99. The van der Waals surface area contributed by atoms with Crippen molar-refractivity contribution in [3.63, 3.8) is 0 Å². The summed E-state index contributed by atoms with van der Waals surface area (Å²) >= 11 is 0. The van der Waals surface area contributed by atoms with E-state index in [1.165, 1.54) is 13.3 Å². The van der Waals surface area contributed by atoms with Gasteiger partial charge in [0.15, 0.2) is 5.84 Å². The molecule has 3 aliphatic heterocycles. The number of nitrogens with zero attached hydrogens (tertiary/aromatic N) is 3. The molecule has 3 rings (SSSR count). The number of fused-ring (bicyclic) bond motifs is 1. The number of aliphatic hydroxyl groups excluding tert-OH is 1. The number of hydrogen-bond acceptors (Lipinski definition) is 15. The average Bonchev–Trinajstić information content (AvgIpc) is 3.36. The van der Waals surface area contributed by atoms with E-state index >= 15 is 0 Å². The van der Waals surface area contributed by atoms with Crippen molar-refractivity contribution < 1.29 is 52.1 Å². The Kier molecular flexibility index (Phi) is 9.51. The lowest BCUT2D eigenvalue weighted by atomic mass is 9.88. The van der Waals surface area contributed by atoms with E-state index in [9.17, 15) is 24.4 Å². The van der Waals surface area contributed by atoms with Gasteiger partial charge in [-0.2, -0.15) is 5.10 Å². The van der Waals surface area contributed by atoms with Gasteiger partial charge < -0.3 is 30.2 Å². The van der Waals surface area contributed by atoms with Gasteiger partial charge in [-0.3, -0.25) is 19.1 Å². The molecule has 5 atom stereocenters. The van der Waals surface area contributed by atoms with E-state index in [0.29, 0.717) is 12.1 Å². The van der Waals surface area contributed by atoms with Crippen LogP contribution in [0.2, 0.25) is 0 Å². The third kappa shape index (κ3) is 7.27. The lowest BCUT2D eigenvalue weighted by molar-refractivity contribution is -0.163. The van der Waals surface area contributed by atoms with Crippen LogP contribution in [0, 0.1) is 10.8 Å². The number of amidine groups is 1. The Balaban J connectivity index is 1.67. The molecule has 1 saturated heterocycles. The van der Waals surface area contributed by atoms with Crippen LogP contribution < -0.4 is 5.73 Å². The number of ether oxygens (including phenoxy) is 3. The first-order valence-electron chi connectivity index (χ1n) is 12.7. The third-order valence-electron chi connectivity index (χ3n) is 6.37. The molecule has 16 heteroatoms. The Morgan fingerprint density at radius 3 is 2.20 bits per heavy atom. The lowest BCUT2D eigenvalue weighted by Crippen LogP contribution is -2.53. The van der Waals surface area contributed by atoms with Gasteiger partial charge in [0.25, 0.3) is 0 Å². The van der Waals surface area contributed by atoms with Crippen LogP contribution in [-0.2, 0) is 41.9 Å². The molecule has 15 nitrogen and oxygen atoms in total. The summed E-state index contributed by atoms with van der Waals surface area (Å²) in [6, 6.07) is -0.525. The molecule has 40 heavy (non-hydrogen) atoms. The van der Waals surface area contributed by atoms with Gasteiger partial charge in [-0.1, -0.05) is 6.08 Å². The minimum Gasteiger partial charge on any atom is -0.437 e. The number of carbonyl (C=O) groups is 2. The van der Waals surface area contributed by atoms with Gasteiger partial charge in [0.05, 0.1) is 29.2 Å². The van der Waals surface area contributed by atoms with Gasteiger partial charge in [0.1, 0.15) is 30.3 Å². The standard InChI is InChI=1S/C24H39N4O11P/c1-22(2,3)20(30)34-12-37-40(33,38-13-35-21(31)23(4,5)6)36-10-16-17(29)24(7,32)18(39-16)14-8-9-15-19(25)26-11-27-28(14)15/h9,11,14,16-18,29,32H,8,10,12-13H2,1-7H3,(H2,25,26,27)/t14?,16-,17-,18+,24-/m1/s1. The summed E-state index contributed by atoms with van der Waals surface area (Å²) in [5, 5.41) is 27.8. The number of aliphatic imine (C=N–C) groups is 1. The van der Waals surface area contributed by atoms with Crippen molar-refractivity contribution in [3.05, 3.63) is 11.8 Å². The fraction of sp³-hybridized carbons (Fsp3) is 0.750. The van der Waals surface area contributed by atoms with Crippen LogP contribution in [0.1, 0.15) is 54.9 Å². The van der Waals surface area contributed by atoms with Gasteiger partial charge in [-0.05, 0) is 54.9 Å². The molecular formula is C24H39N4O11P. The first-order chi connectivity index (χ1) is 18.4. The molecular weight excluding hydrogens is 551 g/mol. The SMILES string of the molecule is CC(C)(C)C(=O)OCOP(=O)(OCOC(=O)C(C)(C)C)OC[C@H]1O[C@@H](C2CC=C3C(N)=NC=NN32)[C@](C)(O)[C@@H]1O. The molecule has 0 aromatic heterocycles. The highest BCUT2D eigenvalue weighted by atomic mass is 31.2. The van der Waals surface area contributed by atoms with E-state index in [0.717, 1.165) is 0 Å². The Morgan fingerprint density at radius 2 is 1.68 bits per heavy atom. The van der Waals surface area contributed by atoms with Crippen LogP contribution in [0.15, 0.2) is 21.9 Å². The summed E-state index contributed by atoms with van der Waals surface area (Å²) in [6.07, 6.45) is -0.160. The predicted molar refractivity (Wildman–Crippen MR) is 140 cm³/mol. The number of rotatable bonds is 10. The molecule has 1 fully saturated rings. The molecule has 0 aromatic rings. The number of nitrogens with two attached hydrogens (primary N) is 1. The van der Waals surface area contributed by atoms with Gasteiger partial charge in [-0.15, -0.1) is 0 Å². The Labute approximate surface area is 232 Å². The Bertz CT molecular complexity index is 1070. The number of esters is 2. The van der Waals surface area contributed by atoms with Crippen LogP contribution in [-0.4, -0.2) is 89.5 Å². The van der Waals surface area contributed by atoms with E-state index < -0.39 is 80.7 Å². The number of phosphoric ester groups is 1. The molecule has 0 bridgehead atoms. The number of carbonyl (C=O) groups excluding carboxylic acids is 2. The third-order valence-corrected chi connectivity index (χ3v) is 7.68. The van der Waals surface area contributed by atoms with Gasteiger partial charge in [0.2, 0.25) is 13.6 Å². The van der Waals surface area contributed by atoms with E-state index in [-0.39, 0.29) is 5.84 Å². The van der Waals surface area contributed by atoms with E-state index in [1.807, 2.05) is 0 Å². The molecule has 0 radical (unpaired) electrons. The van der Waals surface area contributed by atoms with Gasteiger partial charge >= 0.3 is 19.8 Å². The number of hydrazone groups is 1. The van der Waals surface area contributed by atoms with Crippen LogP contribution in [0.25, 0.3) is 0 Å². The van der Waals surface area contributed by atoms with Gasteiger partial charge in [0, 0.05) is 0 Å². The summed E-state index contributed by atoms with van der Waals surface area (Å²) < 4.78 is 44.9. The Morgan fingerprint density at radius 1 is 1.12 bits per heavy atom. The normalized spacial score (nSPS) is 28.7. The fourth-order valence-electron chi connectivity index (χ4n) is 3.99. The molecule has 226 valence electrons. The van der Waals surface area contributed by atoms with Crippen molar-refractivity contribution in [1.82, 2.24) is 5.01 Å². The highest BCUT2D eigenvalue weighted by Gasteiger charge is 2.57. The average molecular weight is 591 g/mol. The van der Waals surface area contributed by atoms with Crippen LogP contribution in [0.5, 0.6) is 0 Å². The molecule has 0 spiro atoms. The summed E-state index contributed by atoms with van der Waals surface area (Å²) in [6.45, 7) is 8.97. The van der Waals surface area contributed by atoms with Crippen molar-refractivity contribution >= 4 is 31.9 Å². The van der Waals surface area contributed by atoms with E-state index in [2.05, 4.69) is 10.1 Å². The summed E-state index contributed by atoms with van der Waals surface area (Å²) in [7, 11) is -4.54. The predicted octanol–water partition coefficient (Wildman–Crippen LogP) is 1.39. The summed E-state index contributed by atoms with van der Waals surface area (Å²) in [4.78, 5) is 28.1. The molecule has 4 N–H and O–H groups in total. The van der Waals surface area contributed by atoms with Crippen LogP contribution >= 0.6 is 7.82 Å². The van der Waals surface area contributed by atoms with E-state index in [1.54, 1.807) is 52.6 Å². The maximum Gasteiger partial charge on any atom is 0.480 e. The smallest absolute Gasteiger partial charge is 0.437 e. The van der Waals surface area contributed by atoms with Crippen LogP contribution in [0.3, 0.4) is 0 Å². The topological polar surface area (TPSA) is 201 Å². The zero-order valence-electron chi connectivity index (χ0n) is 23.7. The molecule has 0 saturated carbocycles. The molecule has 0 aliphatic carbocycles. The highest BCUT2D eigenvalue weighted by Crippen LogP contribution is 2.50. The quantitative estimate of drug-likeness (QED) is 0.187. The minimum absolute atomic E-state index is 0.255.